The van der Waals surface area contributed by atoms with Crippen LogP contribution in [0.25, 0.3) is 0 Å². The third-order valence-corrected chi connectivity index (χ3v) is 6.27. The second kappa shape index (κ2) is 11.7. The van der Waals surface area contributed by atoms with E-state index in [0.717, 1.165) is 44.2 Å². The molecule has 0 amide bonds. The lowest BCUT2D eigenvalue weighted by atomic mass is 10.1. The Morgan fingerprint density at radius 1 is 1.06 bits per heavy atom. The summed E-state index contributed by atoms with van der Waals surface area (Å²) in [4.78, 5) is 8.48. The van der Waals surface area contributed by atoms with Crippen molar-refractivity contribution in [3.63, 3.8) is 0 Å². The van der Waals surface area contributed by atoms with Crippen molar-refractivity contribution >= 4 is 41.3 Å². The molecule has 6 nitrogen and oxygen atoms in total. The van der Waals surface area contributed by atoms with Crippen LogP contribution in [0.15, 0.2) is 47.5 Å². The summed E-state index contributed by atoms with van der Waals surface area (Å²) >= 11 is 0. The van der Waals surface area contributed by atoms with E-state index >= 15 is 0 Å². The van der Waals surface area contributed by atoms with Gasteiger partial charge in [0.1, 0.15) is 23.1 Å². The van der Waals surface area contributed by atoms with Crippen LogP contribution >= 0.6 is 24.0 Å². The lowest BCUT2D eigenvalue weighted by molar-refractivity contribution is 0.415. The van der Waals surface area contributed by atoms with Gasteiger partial charge in [-0.1, -0.05) is 12.1 Å². The van der Waals surface area contributed by atoms with Crippen LogP contribution in [-0.2, 0) is 0 Å². The summed E-state index contributed by atoms with van der Waals surface area (Å²) < 4.78 is 33.5. The molecular weight excluding hydrogens is 539 g/mol. The number of rotatable bonds is 6. The molecule has 2 aromatic carbocycles. The van der Waals surface area contributed by atoms with Crippen LogP contribution in [0.2, 0.25) is 0 Å². The standard InChI is InChI=1S/C24H31F2N5O.HI/c1-27-24(29-18-10-12-31(16-18)23-21(25)7-4-8-22(23)26)28-14-17-9-11-30(15-17)19-5-3-6-20(13-19)32-2;/h3-8,13,17-18H,9-12,14-16H2,1-2H3,(H2,27,28,29);1H. The van der Waals surface area contributed by atoms with E-state index in [4.69, 9.17) is 4.74 Å². The Bertz CT molecular complexity index is 940. The molecule has 2 saturated heterocycles. The number of hydrogen-bond acceptors (Lipinski definition) is 4. The van der Waals surface area contributed by atoms with Gasteiger partial charge in [0, 0.05) is 57.6 Å². The Labute approximate surface area is 211 Å². The topological polar surface area (TPSA) is 52.1 Å². The molecule has 0 aromatic heterocycles. The van der Waals surface area contributed by atoms with E-state index < -0.39 is 11.6 Å². The third-order valence-electron chi connectivity index (χ3n) is 6.27. The number of methoxy groups -OCH3 is 1. The summed E-state index contributed by atoms with van der Waals surface area (Å²) in [5.74, 6) is 1.07. The first-order chi connectivity index (χ1) is 15.6. The highest BCUT2D eigenvalue weighted by molar-refractivity contribution is 14.0. The Balaban J connectivity index is 0.00000306. The first-order valence-corrected chi connectivity index (χ1v) is 11.1. The summed E-state index contributed by atoms with van der Waals surface area (Å²) in [5.41, 5.74) is 1.24. The van der Waals surface area contributed by atoms with Crippen molar-refractivity contribution in [1.29, 1.82) is 0 Å². The van der Waals surface area contributed by atoms with E-state index in [2.05, 4.69) is 32.7 Å². The van der Waals surface area contributed by atoms with Crippen molar-refractivity contribution < 1.29 is 13.5 Å². The van der Waals surface area contributed by atoms with Crippen LogP contribution in [0.5, 0.6) is 5.75 Å². The molecule has 4 rings (SSSR count). The molecule has 33 heavy (non-hydrogen) atoms. The zero-order chi connectivity index (χ0) is 22.5. The lowest BCUT2D eigenvalue weighted by Gasteiger charge is -2.22. The smallest absolute Gasteiger partial charge is 0.191 e. The van der Waals surface area contributed by atoms with Gasteiger partial charge in [-0.3, -0.25) is 4.99 Å². The van der Waals surface area contributed by atoms with Crippen LogP contribution in [0.1, 0.15) is 12.8 Å². The highest BCUT2D eigenvalue weighted by atomic mass is 127. The summed E-state index contributed by atoms with van der Waals surface area (Å²) in [6.07, 6.45) is 1.90. The van der Waals surface area contributed by atoms with Crippen molar-refractivity contribution in [2.45, 2.75) is 18.9 Å². The number of nitrogens with zero attached hydrogens (tertiary/aromatic N) is 3. The number of para-hydroxylation sites is 1. The predicted molar refractivity (Wildman–Crippen MR) is 140 cm³/mol. The number of halogens is 3. The molecule has 2 unspecified atom stereocenters. The van der Waals surface area contributed by atoms with Gasteiger partial charge in [0.25, 0.3) is 0 Å². The summed E-state index contributed by atoms with van der Waals surface area (Å²) in [6, 6.07) is 12.2. The summed E-state index contributed by atoms with van der Waals surface area (Å²) in [6.45, 7) is 3.94. The van der Waals surface area contributed by atoms with Gasteiger partial charge in [-0.2, -0.15) is 0 Å². The fourth-order valence-electron chi connectivity index (χ4n) is 4.54. The van der Waals surface area contributed by atoms with E-state index in [0.29, 0.717) is 19.0 Å². The molecule has 0 aliphatic carbocycles. The zero-order valence-electron chi connectivity index (χ0n) is 19.1. The van der Waals surface area contributed by atoms with Gasteiger partial charge in [0.2, 0.25) is 0 Å². The zero-order valence-corrected chi connectivity index (χ0v) is 21.4. The highest BCUT2D eigenvalue weighted by Crippen LogP contribution is 2.28. The summed E-state index contributed by atoms with van der Waals surface area (Å²) in [5, 5.41) is 6.84. The molecule has 2 atom stereocenters. The molecule has 2 aromatic rings. The Morgan fingerprint density at radius 3 is 2.52 bits per heavy atom. The van der Waals surface area contributed by atoms with Gasteiger partial charge >= 0.3 is 0 Å². The fraction of sp³-hybridized carbons (Fsp3) is 0.458. The Hall–Kier alpha value is -2.30. The number of benzene rings is 2. The first kappa shape index (κ1) is 25.3. The summed E-state index contributed by atoms with van der Waals surface area (Å²) in [7, 11) is 3.43. The van der Waals surface area contributed by atoms with Crippen LogP contribution in [0.3, 0.4) is 0 Å². The SMILES string of the molecule is CN=C(NCC1CCN(c2cccc(OC)c2)C1)NC1CCN(c2c(F)cccc2F)C1.I. The molecule has 0 saturated carbocycles. The lowest BCUT2D eigenvalue weighted by Crippen LogP contribution is -2.46. The maximum absolute atomic E-state index is 14.1. The van der Waals surface area contributed by atoms with Crippen molar-refractivity contribution in [2.75, 3.05) is 56.7 Å². The van der Waals surface area contributed by atoms with Crippen molar-refractivity contribution in [2.24, 2.45) is 10.9 Å². The van der Waals surface area contributed by atoms with Crippen LogP contribution < -0.4 is 25.2 Å². The molecule has 0 radical (unpaired) electrons. The third kappa shape index (κ3) is 6.18. The number of guanidine groups is 1. The first-order valence-electron chi connectivity index (χ1n) is 11.1. The van der Waals surface area contributed by atoms with Crippen LogP contribution in [0.4, 0.5) is 20.2 Å². The average Bonchev–Trinajstić information content (AvgIpc) is 3.46. The molecule has 9 heteroatoms. The second-order valence-electron chi connectivity index (χ2n) is 8.40. The minimum absolute atomic E-state index is 0. The maximum Gasteiger partial charge on any atom is 0.191 e. The molecular formula is C24H32F2IN5O. The average molecular weight is 571 g/mol. The van der Waals surface area contributed by atoms with Crippen molar-refractivity contribution in [3.8, 4) is 5.75 Å². The number of aliphatic imine (C=N–C) groups is 1. The molecule has 2 aliphatic heterocycles. The minimum atomic E-state index is -0.519. The molecule has 2 heterocycles. The van der Waals surface area contributed by atoms with E-state index in [-0.39, 0.29) is 35.7 Å². The minimum Gasteiger partial charge on any atom is -0.497 e. The molecule has 0 bridgehead atoms. The van der Waals surface area contributed by atoms with Gasteiger partial charge in [0.05, 0.1) is 7.11 Å². The van der Waals surface area contributed by atoms with E-state index in [1.54, 1.807) is 19.1 Å². The normalized spacial score (nSPS) is 20.5. The Morgan fingerprint density at radius 2 is 1.79 bits per heavy atom. The Kier molecular flexibility index (Phi) is 8.99. The van der Waals surface area contributed by atoms with Gasteiger partial charge in [-0.25, -0.2) is 8.78 Å². The molecule has 0 spiro atoms. The number of hydrogen-bond donors (Lipinski definition) is 2. The molecule has 2 N–H and O–H groups in total. The van der Waals surface area contributed by atoms with E-state index in [1.165, 1.54) is 23.9 Å². The largest absolute Gasteiger partial charge is 0.497 e. The van der Waals surface area contributed by atoms with E-state index in [1.807, 2.05) is 12.1 Å². The van der Waals surface area contributed by atoms with Gasteiger partial charge < -0.3 is 25.2 Å². The fourth-order valence-corrected chi connectivity index (χ4v) is 4.54. The number of nitrogens with one attached hydrogen (secondary N) is 2. The van der Waals surface area contributed by atoms with E-state index in [9.17, 15) is 8.78 Å². The van der Waals surface area contributed by atoms with Crippen molar-refractivity contribution in [3.05, 3.63) is 54.1 Å². The van der Waals surface area contributed by atoms with Crippen LogP contribution in [-0.4, -0.2) is 58.9 Å². The highest BCUT2D eigenvalue weighted by Gasteiger charge is 2.28. The maximum atomic E-state index is 14.1. The van der Waals surface area contributed by atoms with Gasteiger partial charge in [-0.15, -0.1) is 24.0 Å². The van der Waals surface area contributed by atoms with Gasteiger partial charge in [0.15, 0.2) is 5.96 Å². The quantitative estimate of drug-likeness (QED) is 0.314. The molecule has 180 valence electrons. The van der Waals surface area contributed by atoms with Crippen molar-refractivity contribution in [1.82, 2.24) is 10.6 Å². The van der Waals surface area contributed by atoms with Gasteiger partial charge in [-0.05, 0) is 43.0 Å². The molecule has 2 fully saturated rings. The second-order valence-corrected chi connectivity index (χ2v) is 8.40. The number of anilines is 2. The monoisotopic (exact) mass is 571 g/mol. The predicted octanol–water partition coefficient (Wildman–Crippen LogP) is 3.86. The van der Waals surface area contributed by atoms with Crippen LogP contribution in [0, 0.1) is 17.6 Å². The molecule has 2 aliphatic rings. The number of ether oxygens (including phenoxy) is 1.